The van der Waals surface area contributed by atoms with Gasteiger partial charge in [0, 0.05) is 13.2 Å². The van der Waals surface area contributed by atoms with Crippen LogP contribution in [0.25, 0.3) is 0 Å². The van der Waals surface area contributed by atoms with Gasteiger partial charge in [-0.25, -0.2) is 0 Å². The Hall–Kier alpha value is -0.610. The van der Waals surface area contributed by atoms with Crippen LogP contribution in [-0.2, 0) is 9.53 Å². The van der Waals surface area contributed by atoms with Crippen molar-refractivity contribution < 1.29 is 9.53 Å². The molecule has 0 aliphatic heterocycles. The molecule has 1 atom stereocenters. The topological polar surface area (TPSA) is 78.3 Å². The van der Waals surface area contributed by atoms with Crippen molar-refractivity contribution in [1.29, 1.82) is 0 Å². The molecule has 1 amide bonds. The number of primary amides is 1. The number of hydrogen-bond donors (Lipinski definition) is 2. The molecule has 0 aromatic carbocycles. The SMILES string of the molecule is CC(C)CCCOCCC(N)C(N)=O. The summed E-state index contributed by atoms with van der Waals surface area (Å²) in [6, 6.07) is -0.569. The van der Waals surface area contributed by atoms with Crippen LogP contribution in [0.2, 0.25) is 0 Å². The van der Waals surface area contributed by atoms with E-state index in [1.165, 1.54) is 6.42 Å². The van der Waals surface area contributed by atoms with Gasteiger partial charge in [-0.15, -0.1) is 0 Å². The molecule has 0 spiro atoms. The van der Waals surface area contributed by atoms with Crippen molar-refractivity contribution in [3.05, 3.63) is 0 Å². The van der Waals surface area contributed by atoms with Gasteiger partial charge in [0.1, 0.15) is 0 Å². The zero-order valence-electron chi connectivity index (χ0n) is 9.16. The average Bonchev–Trinajstić information content (AvgIpc) is 2.09. The number of carbonyl (C=O) groups excluding carboxylic acids is 1. The number of ether oxygens (including phenoxy) is 1. The number of rotatable bonds is 8. The lowest BCUT2D eigenvalue weighted by molar-refractivity contribution is -0.119. The van der Waals surface area contributed by atoms with Crippen LogP contribution < -0.4 is 11.5 Å². The summed E-state index contributed by atoms with van der Waals surface area (Å²) in [4.78, 5) is 10.6. The largest absolute Gasteiger partial charge is 0.381 e. The van der Waals surface area contributed by atoms with Gasteiger partial charge in [-0.3, -0.25) is 4.79 Å². The summed E-state index contributed by atoms with van der Waals surface area (Å²) in [6.07, 6.45) is 2.74. The van der Waals surface area contributed by atoms with E-state index in [1.54, 1.807) is 0 Å². The Kier molecular flexibility index (Phi) is 7.42. The second kappa shape index (κ2) is 7.76. The lowest BCUT2D eigenvalue weighted by Crippen LogP contribution is -2.37. The van der Waals surface area contributed by atoms with Gasteiger partial charge in [0.15, 0.2) is 0 Å². The zero-order valence-corrected chi connectivity index (χ0v) is 9.16. The van der Waals surface area contributed by atoms with Crippen molar-refractivity contribution in [3.63, 3.8) is 0 Å². The highest BCUT2D eigenvalue weighted by Crippen LogP contribution is 2.03. The third-order valence-corrected chi connectivity index (χ3v) is 2.01. The normalized spacial score (nSPS) is 13.1. The quantitative estimate of drug-likeness (QED) is 0.567. The molecule has 0 aromatic heterocycles. The standard InChI is InChI=1S/C10H22N2O2/c1-8(2)4-3-6-14-7-5-9(11)10(12)13/h8-9H,3-7,11H2,1-2H3,(H2,12,13). The predicted octanol–water partition coefficient (Wildman–Crippen LogP) is 0.642. The minimum atomic E-state index is -0.569. The molecule has 0 aliphatic rings. The Morgan fingerprint density at radius 2 is 1.93 bits per heavy atom. The molecule has 0 radical (unpaired) electrons. The summed E-state index contributed by atoms with van der Waals surface area (Å²) in [6.45, 7) is 5.62. The molecule has 4 nitrogen and oxygen atoms in total. The summed E-state index contributed by atoms with van der Waals surface area (Å²) in [5, 5.41) is 0. The molecule has 0 bridgehead atoms. The Balaban J connectivity index is 3.17. The van der Waals surface area contributed by atoms with E-state index in [-0.39, 0.29) is 0 Å². The maximum absolute atomic E-state index is 10.6. The highest BCUT2D eigenvalue weighted by Gasteiger charge is 2.07. The average molecular weight is 202 g/mol. The first-order valence-electron chi connectivity index (χ1n) is 5.16. The first-order valence-corrected chi connectivity index (χ1v) is 5.16. The van der Waals surface area contributed by atoms with Crippen molar-refractivity contribution in [3.8, 4) is 0 Å². The van der Waals surface area contributed by atoms with E-state index < -0.39 is 11.9 Å². The van der Waals surface area contributed by atoms with Crippen molar-refractivity contribution >= 4 is 5.91 Å². The monoisotopic (exact) mass is 202 g/mol. The maximum atomic E-state index is 10.6. The Morgan fingerprint density at radius 3 is 2.43 bits per heavy atom. The number of nitrogens with two attached hydrogens (primary N) is 2. The van der Waals surface area contributed by atoms with E-state index in [4.69, 9.17) is 16.2 Å². The van der Waals surface area contributed by atoms with Gasteiger partial charge >= 0.3 is 0 Å². The molecule has 0 fully saturated rings. The van der Waals surface area contributed by atoms with Gasteiger partial charge in [-0.2, -0.15) is 0 Å². The van der Waals surface area contributed by atoms with Gasteiger partial charge in [0.05, 0.1) is 6.04 Å². The van der Waals surface area contributed by atoms with Crippen LogP contribution >= 0.6 is 0 Å². The molecular formula is C10H22N2O2. The lowest BCUT2D eigenvalue weighted by atomic mass is 10.1. The lowest BCUT2D eigenvalue weighted by Gasteiger charge is -2.08. The van der Waals surface area contributed by atoms with Crippen molar-refractivity contribution in [2.75, 3.05) is 13.2 Å². The summed E-state index contributed by atoms with van der Waals surface area (Å²) in [7, 11) is 0. The first-order chi connectivity index (χ1) is 6.54. The van der Waals surface area contributed by atoms with E-state index in [0.717, 1.165) is 13.0 Å². The van der Waals surface area contributed by atoms with Crippen molar-refractivity contribution in [1.82, 2.24) is 0 Å². The van der Waals surface area contributed by atoms with Crippen LogP contribution in [0.1, 0.15) is 33.1 Å². The van der Waals surface area contributed by atoms with Crippen molar-refractivity contribution in [2.45, 2.75) is 39.2 Å². The number of amides is 1. The van der Waals surface area contributed by atoms with Crippen LogP contribution in [0.3, 0.4) is 0 Å². The van der Waals surface area contributed by atoms with Crippen molar-refractivity contribution in [2.24, 2.45) is 17.4 Å². The van der Waals surface area contributed by atoms with Gasteiger partial charge in [-0.1, -0.05) is 13.8 Å². The predicted molar refractivity (Wildman–Crippen MR) is 56.7 cm³/mol. The zero-order chi connectivity index (χ0) is 11.0. The molecule has 84 valence electrons. The first kappa shape index (κ1) is 13.4. The van der Waals surface area contributed by atoms with E-state index in [0.29, 0.717) is 18.9 Å². The molecule has 0 aromatic rings. The van der Waals surface area contributed by atoms with Crippen LogP contribution in [0, 0.1) is 5.92 Å². The second-order valence-corrected chi connectivity index (χ2v) is 3.95. The molecule has 4 heteroatoms. The maximum Gasteiger partial charge on any atom is 0.234 e. The van der Waals surface area contributed by atoms with E-state index in [9.17, 15) is 4.79 Å². The fourth-order valence-electron chi connectivity index (χ4n) is 1.05. The van der Waals surface area contributed by atoms with Crippen LogP contribution in [-0.4, -0.2) is 25.2 Å². The molecule has 0 rings (SSSR count). The molecule has 14 heavy (non-hydrogen) atoms. The smallest absolute Gasteiger partial charge is 0.234 e. The summed E-state index contributed by atoms with van der Waals surface area (Å²) >= 11 is 0. The Morgan fingerprint density at radius 1 is 1.29 bits per heavy atom. The summed E-state index contributed by atoms with van der Waals surface area (Å²) in [5.74, 6) is 0.252. The molecular weight excluding hydrogens is 180 g/mol. The summed E-state index contributed by atoms with van der Waals surface area (Å²) < 4.78 is 5.32. The number of hydrogen-bond acceptors (Lipinski definition) is 3. The molecule has 1 unspecified atom stereocenters. The van der Waals surface area contributed by atoms with E-state index in [1.807, 2.05) is 0 Å². The molecule has 4 N–H and O–H groups in total. The van der Waals surface area contributed by atoms with E-state index in [2.05, 4.69) is 13.8 Å². The highest BCUT2D eigenvalue weighted by atomic mass is 16.5. The van der Waals surface area contributed by atoms with Gasteiger partial charge in [0.25, 0.3) is 0 Å². The van der Waals surface area contributed by atoms with Gasteiger partial charge < -0.3 is 16.2 Å². The molecule has 0 aliphatic carbocycles. The fourth-order valence-corrected chi connectivity index (χ4v) is 1.05. The minimum absolute atomic E-state index is 0.462. The number of carbonyl (C=O) groups is 1. The highest BCUT2D eigenvalue weighted by molar-refractivity contribution is 5.79. The van der Waals surface area contributed by atoms with Crippen LogP contribution in [0.5, 0.6) is 0 Å². The molecule has 0 saturated heterocycles. The van der Waals surface area contributed by atoms with Gasteiger partial charge in [0.2, 0.25) is 5.91 Å². The summed E-state index contributed by atoms with van der Waals surface area (Å²) in [5.41, 5.74) is 10.4. The van der Waals surface area contributed by atoms with E-state index >= 15 is 0 Å². The minimum Gasteiger partial charge on any atom is -0.381 e. The molecule has 0 saturated carbocycles. The third kappa shape index (κ3) is 8.01. The Labute approximate surface area is 86.0 Å². The second-order valence-electron chi connectivity index (χ2n) is 3.95. The van der Waals surface area contributed by atoms with Crippen LogP contribution in [0.4, 0.5) is 0 Å². The molecule has 0 heterocycles. The van der Waals surface area contributed by atoms with Gasteiger partial charge in [-0.05, 0) is 25.2 Å². The van der Waals surface area contributed by atoms with Crippen LogP contribution in [0.15, 0.2) is 0 Å². The fraction of sp³-hybridized carbons (Fsp3) is 0.900. The third-order valence-electron chi connectivity index (χ3n) is 2.01. The Bertz CT molecular complexity index is 160.